The number of anilines is 1. The Labute approximate surface area is 170 Å². The highest BCUT2D eigenvalue weighted by molar-refractivity contribution is 6.24. The Kier molecular flexibility index (Phi) is 5.92. The monoisotopic (exact) mass is 395 g/mol. The van der Waals surface area contributed by atoms with E-state index in [1.807, 2.05) is 39.0 Å². The summed E-state index contributed by atoms with van der Waals surface area (Å²) in [7, 11) is 3.01. The molecule has 3 rings (SSSR count). The zero-order valence-corrected chi connectivity index (χ0v) is 17.3. The van der Waals surface area contributed by atoms with Crippen LogP contribution in [0, 0.1) is 5.92 Å². The second kappa shape index (κ2) is 8.39. The van der Waals surface area contributed by atoms with Crippen LogP contribution in [-0.2, 0) is 4.79 Å². The number of imide groups is 1. The molecule has 0 bridgehead atoms. The third kappa shape index (κ3) is 3.70. The van der Waals surface area contributed by atoms with Gasteiger partial charge in [-0.1, -0.05) is 38.1 Å². The number of allylic oxidation sites excluding steroid dienone is 1. The average Bonchev–Trinajstić information content (AvgIpc) is 2.72. The van der Waals surface area contributed by atoms with Crippen molar-refractivity contribution in [1.82, 2.24) is 0 Å². The molecule has 0 N–H and O–H groups in total. The summed E-state index contributed by atoms with van der Waals surface area (Å²) in [5.41, 5.74) is 1.50. The highest BCUT2D eigenvalue weighted by Crippen LogP contribution is 2.40. The zero-order chi connectivity index (χ0) is 21.1. The molecule has 6 nitrogen and oxygen atoms in total. The van der Waals surface area contributed by atoms with Gasteiger partial charge in [-0.15, -0.1) is 0 Å². The van der Waals surface area contributed by atoms with E-state index in [-0.39, 0.29) is 11.5 Å². The number of carbonyl (C=O) groups is 2. The first-order valence-electron chi connectivity index (χ1n) is 9.45. The first-order valence-corrected chi connectivity index (χ1v) is 9.45. The maximum atomic E-state index is 13.5. The average molecular weight is 395 g/mol. The van der Waals surface area contributed by atoms with E-state index >= 15 is 0 Å². The van der Waals surface area contributed by atoms with E-state index in [1.54, 1.807) is 30.3 Å². The van der Waals surface area contributed by atoms with Gasteiger partial charge in [-0.2, -0.15) is 0 Å². The zero-order valence-electron chi connectivity index (χ0n) is 17.3. The number of rotatable bonds is 5. The lowest BCUT2D eigenvalue weighted by Crippen LogP contribution is -2.51. The number of nitrogens with zero attached hydrogens (tertiary/aromatic N) is 1. The Bertz CT molecular complexity index is 964. The van der Waals surface area contributed by atoms with Gasteiger partial charge >= 0.3 is 0 Å². The standard InChI is InChI=1S/C23H25NO5/c1-6-8-15-9-7-10-18-21(15)29-20(14(2)3)23(26)24(18)22(25)17-12-11-16(27-4)13-19(17)28-5/h6-14,20H,1-5H3. The minimum atomic E-state index is -0.762. The Morgan fingerprint density at radius 1 is 1.17 bits per heavy atom. The summed E-state index contributed by atoms with van der Waals surface area (Å²) >= 11 is 0. The Hall–Kier alpha value is -3.28. The summed E-state index contributed by atoms with van der Waals surface area (Å²) in [4.78, 5) is 27.9. The Morgan fingerprint density at radius 2 is 1.93 bits per heavy atom. The molecule has 2 amide bonds. The van der Waals surface area contributed by atoms with Gasteiger partial charge < -0.3 is 14.2 Å². The van der Waals surface area contributed by atoms with Crippen molar-refractivity contribution >= 4 is 23.6 Å². The number of benzene rings is 2. The first-order chi connectivity index (χ1) is 13.9. The quantitative estimate of drug-likeness (QED) is 0.705. The fourth-order valence-electron chi connectivity index (χ4n) is 3.31. The number of para-hydroxylation sites is 1. The normalized spacial score (nSPS) is 16.0. The number of amides is 2. The third-order valence-electron chi connectivity index (χ3n) is 4.77. The van der Waals surface area contributed by atoms with E-state index in [0.29, 0.717) is 22.9 Å². The van der Waals surface area contributed by atoms with Crippen LogP contribution >= 0.6 is 0 Å². The van der Waals surface area contributed by atoms with Gasteiger partial charge in [0.05, 0.1) is 25.5 Å². The minimum Gasteiger partial charge on any atom is -0.497 e. The van der Waals surface area contributed by atoms with Crippen molar-refractivity contribution < 1.29 is 23.8 Å². The lowest BCUT2D eigenvalue weighted by molar-refractivity contribution is -0.127. The van der Waals surface area contributed by atoms with Gasteiger partial charge in [0, 0.05) is 11.6 Å². The SMILES string of the molecule is CC=Cc1cccc2c1OC(C(C)C)C(=O)N2C(=O)c1ccc(OC)cc1OC. The van der Waals surface area contributed by atoms with Gasteiger partial charge in [0.15, 0.2) is 11.9 Å². The molecule has 1 aliphatic heterocycles. The molecule has 0 radical (unpaired) electrons. The first kappa shape index (κ1) is 20.5. The van der Waals surface area contributed by atoms with Gasteiger partial charge in [0.2, 0.25) is 0 Å². The fraction of sp³-hybridized carbons (Fsp3) is 0.304. The Balaban J connectivity index is 2.16. The molecule has 1 unspecified atom stereocenters. The molecule has 0 saturated carbocycles. The second-order valence-corrected chi connectivity index (χ2v) is 7.02. The summed E-state index contributed by atoms with van der Waals surface area (Å²) in [6.07, 6.45) is 3.02. The van der Waals surface area contributed by atoms with Crippen LogP contribution in [0.25, 0.3) is 6.08 Å². The molecule has 0 spiro atoms. The maximum absolute atomic E-state index is 13.5. The van der Waals surface area contributed by atoms with E-state index in [1.165, 1.54) is 19.1 Å². The summed E-state index contributed by atoms with van der Waals surface area (Å²) in [6.45, 7) is 5.68. The largest absolute Gasteiger partial charge is 0.497 e. The summed E-state index contributed by atoms with van der Waals surface area (Å²) in [5.74, 6) is 0.436. The minimum absolute atomic E-state index is 0.109. The van der Waals surface area contributed by atoms with E-state index in [0.717, 1.165) is 5.56 Å². The molecule has 2 aromatic rings. The van der Waals surface area contributed by atoms with E-state index in [9.17, 15) is 9.59 Å². The molecule has 0 aromatic heterocycles. The maximum Gasteiger partial charge on any atom is 0.275 e. The lowest BCUT2D eigenvalue weighted by atomic mass is 10.0. The molecule has 1 aliphatic rings. The van der Waals surface area contributed by atoms with Crippen LogP contribution in [0.4, 0.5) is 5.69 Å². The molecule has 6 heteroatoms. The molecular weight excluding hydrogens is 370 g/mol. The van der Waals surface area contributed by atoms with E-state index in [4.69, 9.17) is 14.2 Å². The molecule has 0 saturated heterocycles. The van der Waals surface area contributed by atoms with Gasteiger partial charge in [0.1, 0.15) is 11.5 Å². The Morgan fingerprint density at radius 3 is 2.55 bits per heavy atom. The third-order valence-corrected chi connectivity index (χ3v) is 4.77. The van der Waals surface area contributed by atoms with Crippen LogP contribution in [0.2, 0.25) is 0 Å². The van der Waals surface area contributed by atoms with E-state index in [2.05, 4.69) is 0 Å². The molecule has 1 heterocycles. The van der Waals surface area contributed by atoms with Crippen molar-refractivity contribution in [3.05, 3.63) is 53.6 Å². The molecule has 0 fully saturated rings. The van der Waals surface area contributed by atoms with Crippen LogP contribution in [0.1, 0.15) is 36.7 Å². The van der Waals surface area contributed by atoms with Crippen molar-refractivity contribution in [3.8, 4) is 17.2 Å². The number of fused-ring (bicyclic) bond motifs is 1. The number of ether oxygens (including phenoxy) is 3. The topological polar surface area (TPSA) is 65.1 Å². The van der Waals surface area contributed by atoms with Gasteiger partial charge in [-0.3, -0.25) is 9.59 Å². The van der Waals surface area contributed by atoms with Gasteiger partial charge in [0.25, 0.3) is 11.8 Å². The second-order valence-electron chi connectivity index (χ2n) is 7.02. The van der Waals surface area contributed by atoms with Crippen molar-refractivity contribution in [2.75, 3.05) is 19.1 Å². The van der Waals surface area contributed by atoms with Crippen molar-refractivity contribution in [1.29, 1.82) is 0 Å². The summed E-state index contributed by atoms with van der Waals surface area (Å²) < 4.78 is 16.6. The fourth-order valence-corrected chi connectivity index (χ4v) is 3.31. The smallest absolute Gasteiger partial charge is 0.275 e. The predicted octanol–water partition coefficient (Wildman–Crippen LogP) is 4.33. The predicted molar refractivity (Wildman–Crippen MR) is 112 cm³/mol. The number of hydrogen-bond acceptors (Lipinski definition) is 5. The highest BCUT2D eigenvalue weighted by Gasteiger charge is 2.41. The molecular formula is C23H25NO5. The lowest BCUT2D eigenvalue weighted by Gasteiger charge is -2.35. The van der Waals surface area contributed by atoms with Crippen LogP contribution in [0.5, 0.6) is 17.2 Å². The molecule has 29 heavy (non-hydrogen) atoms. The number of methoxy groups -OCH3 is 2. The van der Waals surface area contributed by atoms with Gasteiger partial charge in [-0.05, 0) is 31.0 Å². The van der Waals surface area contributed by atoms with Crippen LogP contribution < -0.4 is 19.1 Å². The molecule has 2 aromatic carbocycles. The summed E-state index contributed by atoms with van der Waals surface area (Å²) in [6, 6.07) is 10.3. The number of carbonyl (C=O) groups excluding carboxylic acids is 2. The molecule has 0 aliphatic carbocycles. The van der Waals surface area contributed by atoms with Gasteiger partial charge in [-0.25, -0.2) is 4.90 Å². The van der Waals surface area contributed by atoms with Crippen LogP contribution in [0.15, 0.2) is 42.5 Å². The van der Waals surface area contributed by atoms with Crippen molar-refractivity contribution in [2.45, 2.75) is 26.9 Å². The molecule has 1 atom stereocenters. The van der Waals surface area contributed by atoms with Crippen LogP contribution in [0.3, 0.4) is 0 Å². The highest BCUT2D eigenvalue weighted by atomic mass is 16.5. The van der Waals surface area contributed by atoms with Crippen molar-refractivity contribution in [3.63, 3.8) is 0 Å². The van der Waals surface area contributed by atoms with E-state index < -0.39 is 17.9 Å². The summed E-state index contributed by atoms with van der Waals surface area (Å²) in [5, 5.41) is 0. The number of hydrogen-bond donors (Lipinski definition) is 0. The molecule has 152 valence electrons. The van der Waals surface area contributed by atoms with Crippen molar-refractivity contribution in [2.24, 2.45) is 5.92 Å². The van der Waals surface area contributed by atoms with Crippen LogP contribution in [-0.4, -0.2) is 32.1 Å².